The number of benzene rings is 3. The van der Waals surface area contributed by atoms with Gasteiger partial charge in [0.15, 0.2) is 11.5 Å². The lowest BCUT2D eigenvalue weighted by molar-refractivity contribution is 0.102. The lowest BCUT2D eigenvalue weighted by atomic mass is 10.2. The first-order valence-corrected chi connectivity index (χ1v) is 11.7. The van der Waals surface area contributed by atoms with Crippen molar-refractivity contribution in [3.05, 3.63) is 96.7 Å². The average molecular weight is 478 g/mol. The summed E-state index contributed by atoms with van der Waals surface area (Å²) in [4.78, 5) is 22.7. The Morgan fingerprint density at radius 1 is 0.857 bits per heavy atom. The van der Waals surface area contributed by atoms with E-state index in [0.717, 1.165) is 20.9 Å². The van der Waals surface area contributed by atoms with E-state index in [2.05, 4.69) is 20.7 Å². The van der Waals surface area contributed by atoms with Crippen molar-refractivity contribution < 1.29 is 4.79 Å². The van der Waals surface area contributed by atoms with Gasteiger partial charge < -0.3 is 16.4 Å². The van der Waals surface area contributed by atoms with E-state index in [1.165, 1.54) is 11.3 Å². The Labute approximate surface area is 204 Å². The van der Waals surface area contributed by atoms with Gasteiger partial charge >= 0.3 is 0 Å². The van der Waals surface area contributed by atoms with Crippen LogP contribution in [0.25, 0.3) is 26.4 Å². The van der Waals surface area contributed by atoms with Crippen LogP contribution in [0.5, 0.6) is 0 Å². The minimum atomic E-state index is -0.343. The number of carbonyl (C=O) groups is 1. The quantitative estimate of drug-likeness (QED) is 0.299. The van der Waals surface area contributed by atoms with Crippen LogP contribution in [0, 0.1) is 0 Å². The lowest BCUT2D eigenvalue weighted by Gasteiger charge is -2.08. The second kappa shape index (κ2) is 8.54. The minimum absolute atomic E-state index is 0.275. The monoisotopic (exact) mass is 477 g/mol. The smallest absolute Gasteiger partial charge is 0.263 e. The van der Waals surface area contributed by atoms with Crippen LogP contribution in [-0.2, 0) is 0 Å². The molecule has 0 atom stereocenters. The van der Waals surface area contributed by atoms with Crippen LogP contribution >= 0.6 is 11.3 Å². The number of thiazole rings is 1. The van der Waals surface area contributed by atoms with Gasteiger partial charge in [-0.15, -0.1) is 16.4 Å². The summed E-state index contributed by atoms with van der Waals surface area (Å²) >= 11 is 1.53. The molecule has 170 valence electrons. The van der Waals surface area contributed by atoms with Crippen molar-refractivity contribution in [3.63, 3.8) is 0 Å². The highest BCUT2D eigenvalue weighted by Crippen LogP contribution is 2.34. The van der Waals surface area contributed by atoms with Crippen molar-refractivity contribution in [1.29, 1.82) is 0 Å². The van der Waals surface area contributed by atoms with Crippen LogP contribution in [0.1, 0.15) is 10.4 Å². The number of rotatable bonds is 5. The number of hydrogen-bond donors (Lipinski definition) is 3. The molecule has 0 radical (unpaired) electrons. The molecule has 8 nitrogen and oxygen atoms in total. The summed E-state index contributed by atoms with van der Waals surface area (Å²) in [6.07, 6.45) is 1.77. The third-order valence-electron chi connectivity index (χ3n) is 5.46. The Balaban J connectivity index is 1.48. The van der Waals surface area contributed by atoms with Crippen molar-refractivity contribution in [3.8, 4) is 10.6 Å². The van der Waals surface area contributed by atoms with Gasteiger partial charge in [-0.3, -0.25) is 4.79 Å². The predicted octanol–water partition coefficient (Wildman–Crippen LogP) is 5.58. The number of fused-ring (bicyclic) bond motifs is 2. The zero-order chi connectivity index (χ0) is 23.8. The third kappa shape index (κ3) is 3.94. The van der Waals surface area contributed by atoms with Gasteiger partial charge in [0.1, 0.15) is 16.4 Å². The van der Waals surface area contributed by atoms with Crippen LogP contribution in [0.4, 0.5) is 23.0 Å². The molecule has 6 aromatic rings. The second-order valence-electron chi connectivity index (χ2n) is 7.83. The average Bonchev–Trinajstić information content (AvgIpc) is 3.45. The summed E-state index contributed by atoms with van der Waals surface area (Å²) in [6, 6.07) is 26.7. The summed E-state index contributed by atoms with van der Waals surface area (Å²) in [5.41, 5.74) is 10.0. The van der Waals surface area contributed by atoms with Gasteiger partial charge in [-0.25, -0.2) is 14.5 Å². The summed E-state index contributed by atoms with van der Waals surface area (Å²) in [7, 11) is 0. The highest BCUT2D eigenvalue weighted by atomic mass is 32.1. The number of nitrogens with one attached hydrogen (secondary N) is 2. The van der Waals surface area contributed by atoms with E-state index in [0.29, 0.717) is 28.3 Å². The first-order chi connectivity index (χ1) is 17.2. The molecule has 3 heterocycles. The van der Waals surface area contributed by atoms with E-state index >= 15 is 0 Å². The van der Waals surface area contributed by atoms with E-state index in [1.807, 2.05) is 84.9 Å². The molecule has 0 spiro atoms. The van der Waals surface area contributed by atoms with Crippen molar-refractivity contribution in [2.75, 3.05) is 16.4 Å². The molecule has 4 N–H and O–H groups in total. The number of amides is 1. The lowest BCUT2D eigenvalue weighted by Crippen LogP contribution is -2.14. The fourth-order valence-electron chi connectivity index (χ4n) is 3.81. The Bertz CT molecular complexity index is 1640. The maximum absolute atomic E-state index is 13.4. The zero-order valence-corrected chi connectivity index (χ0v) is 19.2. The molecule has 0 aliphatic heterocycles. The van der Waals surface area contributed by atoms with Gasteiger partial charge in [0.05, 0.1) is 15.8 Å². The van der Waals surface area contributed by atoms with E-state index in [9.17, 15) is 4.79 Å². The van der Waals surface area contributed by atoms with Crippen molar-refractivity contribution >= 4 is 56.1 Å². The maximum atomic E-state index is 13.4. The second-order valence-corrected chi connectivity index (χ2v) is 8.86. The third-order valence-corrected chi connectivity index (χ3v) is 6.53. The molecule has 0 saturated heterocycles. The van der Waals surface area contributed by atoms with E-state index < -0.39 is 0 Å². The number of para-hydroxylation sites is 3. The number of anilines is 4. The first-order valence-electron chi connectivity index (χ1n) is 10.9. The van der Waals surface area contributed by atoms with E-state index in [4.69, 9.17) is 10.7 Å². The molecule has 0 bridgehead atoms. The predicted molar refractivity (Wildman–Crippen MR) is 140 cm³/mol. The number of aromatic nitrogens is 4. The first kappa shape index (κ1) is 20.8. The fourth-order valence-corrected chi connectivity index (χ4v) is 4.79. The number of hydrogen-bond acceptors (Lipinski definition) is 7. The molecule has 0 unspecified atom stereocenters. The normalized spacial score (nSPS) is 11.1. The zero-order valence-electron chi connectivity index (χ0n) is 18.3. The Morgan fingerprint density at radius 3 is 2.29 bits per heavy atom. The van der Waals surface area contributed by atoms with Crippen molar-refractivity contribution in [2.45, 2.75) is 0 Å². The summed E-state index contributed by atoms with van der Waals surface area (Å²) in [5, 5.41) is 11.6. The van der Waals surface area contributed by atoms with Crippen LogP contribution in [-0.4, -0.2) is 25.5 Å². The number of nitrogens with two attached hydrogens (primary N) is 1. The molecular formula is C26H19N7OS. The van der Waals surface area contributed by atoms with Crippen molar-refractivity contribution in [1.82, 2.24) is 19.6 Å². The molecule has 0 saturated carbocycles. The molecule has 1 amide bonds. The molecular weight excluding hydrogens is 458 g/mol. The highest BCUT2D eigenvalue weighted by Gasteiger charge is 2.24. The SMILES string of the molecule is Nc1nc2c(C(=O)Nc3ccccc3)c(Nc3ccccc3)nn2cc1-c1nc2ccccc2s1. The Hall–Kier alpha value is -4.76. The molecule has 9 heteroatoms. The maximum Gasteiger partial charge on any atom is 0.263 e. The van der Waals surface area contributed by atoms with Gasteiger partial charge in [-0.05, 0) is 36.4 Å². The van der Waals surface area contributed by atoms with E-state index in [1.54, 1.807) is 10.7 Å². The Kier molecular flexibility index (Phi) is 5.08. The standard InChI is InChI=1S/C26H19N7OS/c27-22-18(26-30-19-13-7-8-14-20(19)35-26)15-33-24(31-22)21(25(34)29-17-11-5-2-6-12-17)23(32-33)28-16-9-3-1-4-10-16/h1-15H,(H2,27,31)(H,28,32)(H,29,34). The van der Waals surface area contributed by atoms with Crippen molar-refractivity contribution in [2.24, 2.45) is 0 Å². The van der Waals surface area contributed by atoms with Gasteiger partial charge in [0, 0.05) is 17.6 Å². The van der Waals surface area contributed by atoms with Crippen LogP contribution < -0.4 is 16.4 Å². The van der Waals surface area contributed by atoms with E-state index in [-0.39, 0.29) is 11.7 Å². The number of carbonyl (C=O) groups excluding carboxylic acids is 1. The number of nitrogens with zero attached hydrogens (tertiary/aromatic N) is 4. The highest BCUT2D eigenvalue weighted by molar-refractivity contribution is 7.21. The number of nitrogen functional groups attached to an aromatic ring is 1. The largest absolute Gasteiger partial charge is 0.383 e. The molecule has 0 aliphatic rings. The molecule has 6 rings (SSSR count). The Morgan fingerprint density at radius 2 is 1.54 bits per heavy atom. The van der Waals surface area contributed by atoms with Crippen LogP contribution in [0.3, 0.4) is 0 Å². The summed E-state index contributed by atoms with van der Waals surface area (Å²) < 4.78 is 2.62. The molecule has 3 aromatic carbocycles. The van der Waals surface area contributed by atoms with Gasteiger partial charge in [0.2, 0.25) is 0 Å². The fraction of sp³-hybridized carbons (Fsp3) is 0. The van der Waals surface area contributed by atoms with Gasteiger partial charge in [-0.1, -0.05) is 48.5 Å². The summed E-state index contributed by atoms with van der Waals surface area (Å²) in [5.74, 6) is 0.304. The molecule has 0 fully saturated rings. The van der Waals surface area contributed by atoms with Gasteiger partial charge in [0.25, 0.3) is 5.91 Å². The molecule has 35 heavy (non-hydrogen) atoms. The van der Waals surface area contributed by atoms with Crippen LogP contribution in [0.2, 0.25) is 0 Å². The summed E-state index contributed by atoms with van der Waals surface area (Å²) in [6.45, 7) is 0. The molecule has 0 aliphatic carbocycles. The van der Waals surface area contributed by atoms with Crippen LogP contribution in [0.15, 0.2) is 91.1 Å². The van der Waals surface area contributed by atoms with Gasteiger partial charge in [-0.2, -0.15) is 0 Å². The minimum Gasteiger partial charge on any atom is -0.383 e. The molecule has 3 aromatic heterocycles. The topological polar surface area (TPSA) is 110 Å².